The summed E-state index contributed by atoms with van der Waals surface area (Å²) in [6.07, 6.45) is -0.576. The molecule has 6 heteroatoms. The van der Waals surface area contributed by atoms with Gasteiger partial charge in [0.2, 0.25) is 5.91 Å². The molecular formula is C17H18N2O4. The normalized spacial score (nSPS) is 9.83. The fraction of sp³-hybridized carbons (Fsp3) is 0.176. The van der Waals surface area contributed by atoms with Gasteiger partial charge < -0.3 is 14.8 Å². The fourth-order valence-electron chi connectivity index (χ4n) is 1.95. The van der Waals surface area contributed by atoms with Crippen LogP contribution in [0, 0.1) is 0 Å². The van der Waals surface area contributed by atoms with E-state index in [1.807, 2.05) is 30.3 Å². The van der Waals surface area contributed by atoms with Gasteiger partial charge in [0.05, 0.1) is 12.8 Å². The molecule has 2 aromatic rings. The van der Waals surface area contributed by atoms with Crippen molar-refractivity contribution in [3.05, 3.63) is 54.1 Å². The van der Waals surface area contributed by atoms with Crippen molar-refractivity contribution in [2.75, 3.05) is 17.7 Å². The molecule has 0 atom stereocenters. The Morgan fingerprint density at radius 3 is 2.43 bits per heavy atom. The van der Waals surface area contributed by atoms with Crippen LogP contribution in [0.3, 0.4) is 0 Å². The molecule has 0 bridgehead atoms. The number of ether oxygens (including phenoxy) is 2. The maximum absolute atomic E-state index is 11.8. The Labute approximate surface area is 134 Å². The van der Waals surface area contributed by atoms with E-state index in [0.717, 1.165) is 5.56 Å². The van der Waals surface area contributed by atoms with Crippen LogP contribution in [0.5, 0.6) is 5.75 Å². The van der Waals surface area contributed by atoms with Gasteiger partial charge in [-0.3, -0.25) is 10.1 Å². The molecule has 0 aliphatic heterocycles. The second kappa shape index (κ2) is 7.84. The second-order valence-electron chi connectivity index (χ2n) is 4.78. The number of anilines is 2. The average molecular weight is 314 g/mol. The predicted octanol–water partition coefficient (Wildman–Crippen LogP) is 3.40. The minimum atomic E-state index is -0.576. The van der Waals surface area contributed by atoms with Crippen molar-refractivity contribution in [3.8, 4) is 5.75 Å². The van der Waals surface area contributed by atoms with Gasteiger partial charge in [-0.15, -0.1) is 0 Å². The maximum Gasteiger partial charge on any atom is 0.411 e. The highest BCUT2D eigenvalue weighted by molar-refractivity contribution is 5.92. The Hall–Kier alpha value is -3.02. The maximum atomic E-state index is 11.8. The molecular weight excluding hydrogens is 296 g/mol. The summed E-state index contributed by atoms with van der Waals surface area (Å²) < 4.78 is 10.3. The number of methoxy groups -OCH3 is 1. The number of nitrogens with one attached hydrogen (secondary N) is 2. The first-order valence-corrected chi connectivity index (χ1v) is 7.02. The standard InChI is InChI=1S/C17H18N2O4/c1-12(20)18-15-10-14(8-9-16(15)22-2)19-17(21)23-11-13-6-4-3-5-7-13/h3-10H,11H2,1-2H3,(H,18,20)(H,19,21). The molecule has 0 radical (unpaired) electrons. The number of carbonyl (C=O) groups is 2. The van der Waals surface area contributed by atoms with Crippen LogP contribution >= 0.6 is 0 Å². The average Bonchev–Trinajstić information content (AvgIpc) is 2.54. The third-order valence-corrected chi connectivity index (χ3v) is 2.97. The van der Waals surface area contributed by atoms with Gasteiger partial charge in [-0.1, -0.05) is 30.3 Å². The van der Waals surface area contributed by atoms with Crippen LogP contribution in [-0.4, -0.2) is 19.1 Å². The van der Waals surface area contributed by atoms with Crippen molar-refractivity contribution < 1.29 is 19.1 Å². The van der Waals surface area contributed by atoms with Gasteiger partial charge in [0.25, 0.3) is 0 Å². The lowest BCUT2D eigenvalue weighted by Gasteiger charge is -2.12. The third-order valence-electron chi connectivity index (χ3n) is 2.97. The second-order valence-corrected chi connectivity index (χ2v) is 4.78. The molecule has 0 saturated carbocycles. The van der Waals surface area contributed by atoms with E-state index in [1.54, 1.807) is 18.2 Å². The van der Waals surface area contributed by atoms with Crippen LogP contribution in [0.2, 0.25) is 0 Å². The van der Waals surface area contributed by atoms with Gasteiger partial charge in [-0.2, -0.15) is 0 Å². The van der Waals surface area contributed by atoms with Crippen molar-refractivity contribution in [1.29, 1.82) is 0 Å². The molecule has 0 aliphatic rings. The number of amides is 2. The quantitative estimate of drug-likeness (QED) is 0.886. The zero-order valence-corrected chi connectivity index (χ0v) is 13.0. The van der Waals surface area contributed by atoms with Gasteiger partial charge in [-0.05, 0) is 23.8 Å². The Morgan fingerprint density at radius 2 is 1.78 bits per heavy atom. The molecule has 0 unspecified atom stereocenters. The van der Waals surface area contributed by atoms with Crippen LogP contribution in [0.25, 0.3) is 0 Å². The lowest BCUT2D eigenvalue weighted by molar-refractivity contribution is -0.114. The Bertz CT molecular complexity index is 686. The summed E-state index contributed by atoms with van der Waals surface area (Å²) in [5.74, 6) is 0.274. The van der Waals surface area contributed by atoms with Crippen LogP contribution < -0.4 is 15.4 Å². The van der Waals surface area contributed by atoms with E-state index in [1.165, 1.54) is 14.0 Å². The van der Waals surface area contributed by atoms with Gasteiger partial charge >= 0.3 is 6.09 Å². The predicted molar refractivity (Wildman–Crippen MR) is 87.5 cm³/mol. The summed E-state index contributed by atoms with van der Waals surface area (Å²) in [5, 5.41) is 5.25. The number of hydrogen-bond donors (Lipinski definition) is 2. The van der Waals surface area contributed by atoms with Crippen LogP contribution in [0.4, 0.5) is 16.2 Å². The first kappa shape index (κ1) is 16.4. The molecule has 2 rings (SSSR count). The minimum absolute atomic E-state index is 0.182. The van der Waals surface area contributed by atoms with Crippen molar-refractivity contribution in [2.24, 2.45) is 0 Å². The number of hydrogen-bond acceptors (Lipinski definition) is 4. The Morgan fingerprint density at radius 1 is 1.04 bits per heavy atom. The highest BCUT2D eigenvalue weighted by Gasteiger charge is 2.09. The zero-order chi connectivity index (χ0) is 16.7. The molecule has 0 saturated heterocycles. The minimum Gasteiger partial charge on any atom is -0.495 e. The topological polar surface area (TPSA) is 76.7 Å². The molecule has 0 aromatic heterocycles. The summed E-state index contributed by atoms with van der Waals surface area (Å²) in [7, 11) is 1.50. The van der Waals surface area contributed by atoms with Gasteiger partial charge in [0.1, 0.15) is 12.4 Å². The molecule has 2 amide bonds. The Balaban J connectivity index is 1.98. The summed E-state index contributed by atoms with van der Waals surface area (Å²) >= 11 is 0. The Kier molecular flexibility index (Phi) is 5.57. The first-order chi connectivity index (χ1) is 11.1. The van der Waals surface area contributed by atoms with E-state index in [9.17, 15) is 9.59 Å². The molecule has 0 aliphatic carbocycles. The van der Waals surface area contributed by atoms with E-state index in [0.29, 0.717) is 17.1 Å². The van der Waals surface area contributed by atoms with Crippen molar-refractivity contribution >= 4 is 23.4 Å². The molecule has 23 heavy (non-hydrogen) atoms. The van der Waals surface area contributed by atoms with Crippen LogP contribution in [-0.2, 0) is 16.1 Å². The van der Waals surface area contributed by atoms with Gasteiger partial charge in [0, 0.05) is 12.6 Å². The summed E-state index contributed by atoms with van der Waals surface area (Å²) in [4.78, 5) is 23.0. The summed E-state index contributed by atoms with van der Waals surface area (Å²) in [6.45, 7) is 1.58. The molecule has 0 spiro atoms. The van der Waals surface area contributed by atoms with Crippen molar-refractivity contribution in [2.45, 2.75) is 13.5 Å². The molecule has 0 heterocycles. The number of benzene rings is 2. The van der Waals surface area contributed by atoms with Crippen LogP contribution in [0.15, 0.2) is 48.5 Å². The first-order valence-electron chi connectivity index (χ1n) is 7.02. The summed E-state index contributed by atoms with van der Waals surface area (Å²) in [6, 6.07) is 14.3. The highest BCUT2D eigenvalue weighted by Crippen LogP contribution is 2.27. The van der Waals surface area contributed by atoms with Crippen LogP contribution in [0.1, 0.15) is 12.5 Å². The van der Waals surface area contributed by atoms with E-state index in [2.05, 4.69) is 10.6 Å². The smallest absolute Gasteiger partial charge is 0.411 e. The van der Waals surface area contributed by atoms with Gasteiger partial charge in [0.15, 0.2) is 0 Å². The van der Waals surface area contributed by atoms with Gasteiger partial charge in [-0.25, -0.2) is 4.79 Å². The number of rotatable bonds is 5. The van der Waals surface area contributed by atoms with E-state index >= 15 is 0 Å². The lowest BCUT2D eigenvalue weighted by atomic mass is 10.2. The lowest BCUT2D eigenvalue weighted by Crippen LogP contribution is -2.14. The summed E-state index contributed by atoms with van der Waals surface area (Å²) in [5.41, 5.74) is 1.87. The zero-order valence-electron chi connectivity index (χ0n) is 13.0. The highest BCUT2D eigenvalue weighted by atomic mass is 16.5. The third kappa shape index (κ3) is 5.03. The van der Waals surface area contributed by atoms with E-state index in [-0.39, 0.29) is 12.5 Å². The largest absolute Gasteiger partial charge is 0.495 e. The molecule has 2 aromatic carbocycles. The number of carbonyl (C=O) groups excluding carboxylic acids is 2. The molecule has 6 nitrogen and oxygen atoms in total. The molecule has 0 fully saturated rings. The van der Waals surface area contributed by atoms with Crippen molar-refractivity contribution in [1.82, 2.24) is 0 Å². The van der Waals surface area contributed by atoms with E-state index in [4.69, 9.17) is 9.47 Å². The van der Waals surface area contributed by atoms with Crippen molar-refractivity contribution in [3.63, 3.8) is 0 Å². The molecule has 120 valence electrons. The fourth-order valence-corrected chi connectivity index (χ4v) is 1.95. The van der Waals surface area contributed by atoms with E-state index < -0.39 is 6.09 Å². The SMILES string of the molecule is COc1ccc(NC(=O)OCc2ccccc2)cc1NC(C)=O. The molecule has 2 N–H and O–H groups in total. The monoisotopic (exact) mass is 314 g/mol.